The molecular formula is C25H44O3. The van der Waals surface area contributed by atoms with Gasteiger partial charge in [0.2, 0.25) is 0 Å². The van der Waals surface area contributed by atoms with Gasteiger partial charge < -0.3 is 9.47 Å². The fraction of sp³-hybridized carbons (Fsp3) is 0.800. The largest absolute Gasteiger partial charge is 0.465 e. The lowest BCUT2D eigenvalue weighted by Crippen LogP contribution is -2.35. The second-order valence-corrected chi connectivity index (χ2v) is 8.87. The highest BCUT2D eigenvalue weighted by Gasteiger charge is 2.30. The van der Waals surface area contributed by atoms with Crippen molar-refractivity contribution in [2.75, 3.05) is 19.8 Å². The van der Waals surface area contributed by atoms with Crippen LogP contribution in [0, 0.1) is 11.3 Å². The molecular weight excluding hydrogens is 348 g/mol. The van der Waals surface area contributed by atoms with Gasteiger partial charge in [0, 0.05) is 5.92 Å². The average Bonchev–Trinajstić information content (AvgIpc) is 2.63. The molecule has 3 heteroatoms. The number of esters is 1. The third-order valence-corrected chi connectivity index (χ3v) is 5.46. The molecule has 1 fully saturated rings. The summed E-state index contributed by atoms with van der Waals surface area (Å²) in [6, 6.07) is 0. The van der Waals surface area contributed by atoms with Crippen LogP contribution < -0.4 is 0 Å². The van der Waals surface area contributed by atoms with Gasteiger partial charge in [0.15, 0.2) is 0 Å². The van der Waals surface area contributed by atoms with Gasteiger partial charge in [-0.05, 0) is 52.4 Å². The molecule has 3 nitrogen and oxygen atoms in total. The van der Waals surface area contributed by atoms with Crippen LogP contribution in [0.3, 0.4) is 0 Å². The highest BCUT2D eigenvalue weighted by atomic mass is 16.5. The number of ether oxygens (including phenoxy) is 2. The number of carbonyl (C=O) groups excluding carboxylic acids is 1. The molecule has 1 heterocycles. The Labute approximate surface area is 174 Å². The van der Waals surface area contributed by atoms with E-state index in [1.807, 2.05) is 13.8 Å². The van der Waals surface area contributed by atoms with E-state index >= 15 is 0 Å². The van der Waals surface area contributed by atoms with Gasteiger partial charge in [0.25, 0.3) is 0 Å². The molecule has 0 amide bonds. The third kappa shape index (κ3) is 12.4. The van der Waals surface area contributed by atoms with E-state index in [0.29, 0.717) is 12.5 Å². The predicted octanol–water partition coefficient (Wildman–Crippen LogP) is 7.02. The van der Waals surface area contributed by atoms with Gasteiger partial charge >= 0.3 is 5.97 Å². The van der Waals surface area contributed by atoms with Gasteiger partial charge in [-0.15, -0.1) is 0 Å². The van der Waals surface area contributed by atoms with Gasteiger partial charge in [-0.25, -0.2) is 0 Å². The van der Waals surface area contributed by atoms with Gasteiger partial charge in [0.1, 0.15) is 0 Å². The molecule has 0 atom stereocenters. The van der Waals surface area contributed by atoms with Crippen LogP contribution in [0.2, 0.25) is 0 Å². The molecule has 1 aliphatic heterocycles. The summed E-state index contributed by atoms with van der Waals surface area (Å²) in [5, 5.41) is 0. The standard InChI is InChI=1S/C25H44O3/c1-4-5-6-7-8-9-10-11-12-13-14-15-16-17-18-19-25(2,3)24(26)28-22-23-20-27-21-23/h8-9,11-12,23H,4-7,10,13-22H2,1-3H3/b9-8-,12-11-. The van der Waals surface area contributed by atoms with Gasteiger partial charge in [-0.1, -0.05) is 69.8 Å². The number of rotatable bonds is 17. The molecule has 1 aliphatic rings. The van der Waals surface area contributed by atoms with Crippen LogP contribution in [0.5, 0.6) is 0 Å². The number of hydrogen-bond donors (Lipinski definition) is 0. The Kier molecular flexibility index (Phi) is 14.1. The summed E-state index contributed by atoms with van der Waals surface area (Å²) in [5.74, 6) is 0.361. The van der Waals surface area contributed by atoms with Crippen LogP contribution >= 0.6 is 0 Å². The average molecular weight is 393 g/mol. The molecule has 0 unspecified atom stereocenters. The summed E-state index contributed by atoms with van der Waals surface area (Å²) in [7, 11) is 0. The Bertz CT molecular complexity index is 447. The van der Waals surface area contributed by atoms with Crippen molar-refractivity contribution in [2.45, 2.75) is 97.8 Å². The van der Waals surface area contributed by atoms with Crippen molar-refractivity contribution in [2.24, 2.45) is 11.3 Å². The smallest absolute Gasteiger partial charge is 0.311 e. The fourth-order valence-corrected chi connectivity index (χ4v) is 3.25. The SMILES string of the molecule is CCCCC/C=C\C/C=C\CCCCCCCC(C)(C)C(=O)OCC1COC1. The zero-order chi connectivity index (χ0) is 20.5. The van der Waals surface area contributed by atoms with E-state index in [1.165, 1.54) is 57.8 Å². The fourth-order valence-electron chi connectivity index (χ4n) is 3.25. The molecule has 0 bridgehead atoms. The minimum Gasteiger partial charge on any atom is -0.465 e. The van der Waals surface area contributed by atoms with Crippen molar-refractivity contribution >= 4 is 5.97 Å². The maximum Gasteiger partial charge on any atom is 0.311 e. The van der Waals surface area contributed by atoms with Crippen molar-refractivity contribution in [1.82, 2.24) is 0 Å². The van der Waals surface area contributed by atoms with Crippen LogP contribution in [-0.2, 0) is 14.3 Å². The highest BCUT2D eigenvalue weighted by Crippen LogP contribution is 2.26. The molecule has 0 aromatic carbocycles. The van der Waals surface area contributed by atoms with E-state index in [0.717, 1.165) is 32.5 Å². The molecule has 0 saturated carbocycles. The third-order valence-electron chi connectivity index (χ3n) is 5.46. The van der Waals surface area contributed by atoms with Crippen LogP contribution in [0.25, 0.3) is 0 Å². The molecule has 1 rings (SSSR count). The molecule has 162 valence electrons. The molecule has 0 aromatic heterocycles. The number of allylic oxidation sites excluding steroid dienone is 4. The lowest BCUT2D eigenvalue weighted by atomic mass is 9.87. The van der Waals surface area contributed by atoms with Crippen LogP contribution in [0.1, 0.15) is 97.8 Å². The Balaban J connectivity index is 1.91. The quantitative estimate of drug-likeness (QED) is 0.152. The monoisotopic (exact) mass is 392 g/mol. The van der Waals surface area contributed by atoms with Crippen LogP contribution in [0.4, 0.5) is 0 Å². The molecule has 0 aliphatic carbocycles. The van der Waals surface area contributed by atoms with Crippen LogP contribution in [-0.4, -0.2) is 25.8 Å². The van der Waals surface area contributed by atoms with Crippen molar-refractivity contribution in [3.05, 3.63) is 24.3 Å². The molecule has 0 N–H and O–H groups in total. The predicted molar refractivity (Wildman–Crippen MR) is 118 cm³/mol. The Hall–Kier alpha value is -1.09. The Morgan fingerprint density at radius 2 is 1.54 bits per heavy atom. The number of hydrogen-bond acceptors (Lipinski definition) is 3. The Morgan fingerprint density at radius 3 is 2.14 bits per heavy atom. The first kappa shape index (κ1) is 24.9. The van der Waals surface area contributed by atoms with E-state index in [2.05, 4.69) is 31.2 Å². The minimum atomic E-state index is -0.364. The molecule has 0 aromatic rings. The second-order valence-electron chi connectivity index (χ2n) is 8.87. The summed E-state index contributed by atoms with van der Waals surface area (Å²) >= 11 is 0. The first-order valence-corrected chi connectivity index (χ1v) is 11.6. The summed E-state index contributed by atoms with van der Waals surface area (Å²) in [6.45, 7) is 8.25. The van der Waals surface area contributed by atoms with Gasteiger partial charge in [-0.2, -0.15) is 0 Å². The number of unbranched alkanes of at least 4 members (excludes halogenated alkanes) is 8. The molecule has 0 spiro atoms. The van der Waals surface area contributed by atoms with Gasteiger partial charge in [0.05, 0.1) is 25.2 Å². The summed E-state index contributed by atoms with van der Waals surface area (Å²) in [4.78, 5) is 12.2. The van der Waals surface area contributed by atoms with E-state index in [4.69, 9.17) is 9.47 Å². The topological polar surface area (TPSA) is 35.5 Å². The maximum atomic E-state index is 12.2. The first-order valence-electron chi connectivity index (χ1n) is 11.6. The second kappa shape index (κ2) is 15.8. The van der Waals surface area contributed by atoms with E-state index in [-0.39, 0.29) is 11.4 Å². The highest BCUT2D eigenvalue weighted by molar-refractivity contribution is 5.75. The molecule has 28 heavy (non-hydrogen) atoms. The van der Waals surface area contributed by atoms with E-state index in [1.54, 1.807) is 0 Å². The van der Waals surface area contributed by atoms with Crippen molar-refractivity contribution < 1.29 is 14.3 Å². The summed E-state index contributed by atoms with van der Waals surface area (Å²) < 4.78 is 10.6. The maximum absolute atomic E-state index is 12.2. The van der Waals surface area contributed by atoms with Crippen molar-refractivity contribution in [3.8, 4) is 0 Å². The normalized spacial score (nSPS) is 15.4. The molecule has 0 radical (unpaired) electrons. The number of carbonyl (C=O) groups is 1. The minimum absolute atomic E-state index is 0.0519. The Morgan fingerprint density at radius 1 is 0.929 bits per heavy atom. The summed E-state index contributed by atoms with van der Waals surface area (Å²) in [6.07, 6.45) is 23.7. The lowest BCUT2D eigenvalue weighted by molar-refractivity contribution is -0.161. The molecule has 1 saturated heterocycles. The van der Waals surface area contributed by atoms with E-state index in [9.17, 15) is 4.79 Å². The van der Waals surface area contributed by atoms with Crippen molar-refractivity contribution in [3.63, 3.8) is 0 Å². The zero-order valence-electron chi connectivity index (χ0n) is 18.7. The zero-order valence-corrected chi connectivity index (χ0v) is 18.7. The van der Waals surface area contributed by atoms with Crippen LogP contribution in [0.15, 0.2) is 24.3 Å². The van der Waals surface area contributed by atoms with E-state index < -0.39 is 0 Å². The first-order chi connectivity index (χ1) is 13.6. The van der Waals surface area contributed by atoms with Crippen molar-refractivity contribution in [1.29, 1.82) is 0 Å². The lowest BCUT2D eigenvalue weighted by Gasteiger charge is -2.28. The summed E-state index contributed by atoms with van der Waals surface area (Å²) in [5.41, 5.74) is -0.364. The van der Waals surface area contributed by atoms with Gasteiger partial charge in [-0.3, -0.25) is 4.79 Å².